The molecule has 0 aliphatic heterocycles. The lowest BCUT2D eigenvalue weighted by Gasteiger charge is -2.05. The van der Waals surface area contributed by atoms with E-state index in [1.54, 1.807) is 6.07 Å². The van der Waals surface area contributed by atoms with Crippen molar-refractivity contribution < 1.29 is 4.74 Å². The Morgan fingerprint density at radius 3 is 2.75 bits per heavy atom. The molecule has 0 aliphatic carbocycles. The molecule has 0 N–H and O–H groups in total. The molecule has 1 aromatic heterocycles. The van der Waals surface area contributed by atoms with E-state index in [0.717, 1.165) is 15.0 Å². The summed E-state index contributed by atoms with van der Waals surface area (Å²) < 4.78 is 6.68. The van der Waals surface area contributed by atoms with Gasteiger partial charge in [0.05, 0.1) is 0 Å². The number of rotatable bonds is 2. The van der Waals surface area contributed by atoms with E-state index in [2.05, 4.69) is 32.6 Å². The number of hydrogen-bond donors (Lipinski definition) is 0. The Labute approximate surface area is 112 Å². The average Bonchev–Trinajstić information content (AvgIpc) is 2.15. The summed E-state index contributed by atoms with van der Waals surface area (Å²) in [5, 5.41) is 0.195. The largest absolute Gasteiger partial charge is 0.439 e. The minimum atomic E-state index is 0.195. The number of aromatic nitrogens is 2. The van der Waals surface area contributed by atoms with Crippen molar-refractivity contribution in [3.63, 3.8) is 0 Å². The van der Waals surface area contributed by atoms with Crippen LogP contribution in [-0.2, 0) is 0 Å². The second-order valence-electron chi connectivity index (χ2n) is 3.18. The van der Waals surface area contributed by atoms with Crippen molar-refractivity contribution >= 4 is 34.2 Å². The van der Waals surface area contributed by atoms with Gasteiger partial charge in [-0.05, 0) is 59.3 Å². The van der Waals surface area contributed by atoms with Crippen LogP contribution in [0.1, 0.15) is 5.69 Å². The van der Waals surface area contributed by atoms with E-state index in [1.807, 2.05) is 31.2 Å². The fraction of sp³-hybridized carbons (Fsp3) is 0.0909. The molecule has 3 nitrogen and oxygen atoms in total. The van der Waals surface area contributed by atoms with E-state index in [1.165, 1.54) is 0 Å². The van der Waals surface area contributed by atoms with Crippen molar-refractivity contribution in [2.75, 3.05) is 0 Å². The molecule has 5 heteroatoms. The maximum absolute atomic E-state index is 5.74. The van der Waals surface area contributed by atoms with Gasteiger partial charge in [0, 0.05) is 15.3 Å². The Hall–Kier alpha value is -0.880. The SMILES string of the molecule is Cc1cc(Oc2cccc(I)c2)nc(Cl)n1. The molecule has 0 unspecified atom stereocenters. The van der Waals surface area contributed by atoms with Crippen LogP contribution in [-0.4, -0.2) is 9.97 Å². The average molecular weight is 347 g/mol. The molecule has 0 amide bonds. The first-order chi connectivity index (χ1) is 7.63. The van der Waals surface area contributed by atoms with E-state index in [-0.39, 0.29) is 5.28 Å². The van der Waals surface area contributed by atoms with Crippen molar-refractivity contribution in [2.24, 2.45) is 0 Å². The number of benzene rings is 1. The summed E-state index contributed by atoms with van der Waals surface area (Å²) in [6.45, 7) is 1.84. The van der Waals surface area contributed by atoms with Crippen LogP contribution in [0.5, 0.6) is 11.6 Å². The van der Waals surface area contributed by atoms with Crippen LogP contribution >= 0.6 is 34.2 Å². The Morgan fingerprint density at radius 2 is 2.06 bits per heavy atom. The van der Waals surface area contributed by atoms with Gasteiger partial charge in [-0.25, -0.2) is 4.98 Å². The highest BCUT2D eigenvalue weighted by Crippen LogP contribution is 2.22. The second kappa shape index (κ2) is 4.97. The van der Waals surface area contributed by atoms with Gasteiger partial charge in [-0.3, -0.25) is 0 Å². The molecule has 0 spiro atoms. The van der Waals surface area contributed by atoms with Crippen LogP contribution in [0.4, 0.5) is 0 Å². The van der Waals surface area contributed by atoms with E-state index < -0.39 is 0 Å². The smallest absolute Gasteiger partial charge is 0.225 e. The summed E-state index contributed by atoms with van der Waals surface area (Å²) in [7, 11) is 0. The minimum absolute atomic E-state index is 0.195. The summed E-state index contributed by atoms with van der Waals surface area (Å²) in [4.78, 5) is 7.95. The van der Waals surface area contributed by atoms with Crippen molar-refractivity contribution in [3.05, 3.63) is 44.9 Å². The van der Waals surface area contributed by atoms with Crippen LogP contribution in [0.2, 0.25) is 5.28 Å². The molecule has 16 heavy (non-hydrogen) atoms. The first-order valence-electron chi connectivity index (χ1n) is 4.58. The van der Waals surface area contributed by atoms with Crippen LogP contribution in [0.3, 0.4) is 0 Å². The Morgan fingerprint density at radius 1 is 1.25 bits per heavy atom. The molecule has 82 valence electrons. The van der Waals surface area contributed by atoms with Gasteiger partial charge in [0.2, 0.25) is 11.2 Å². The van der Waals surface area contributed by atoms with Crippen LogP contribution in [0.15, 0.2) is 30.3 Å². The Bertz CT molecular complexity index is 499. The van der Waals surface area contributed by atoms with Gasteiger partial charge in [0.1, 0.15) is 5.75 Å². The minimum Gasteiger partial charge on any atom is -0.439 e. The summed E-state index contributed by atoms with van der Waals surface area (Å²) >= 11 is 7.97. The van der Waals surface area contributed by atoms with Crippen molar-refractivity contribution in [2.45, 2.75) is 6.92 Å². The zero-order chi connectivity index (χ0) is 11.5. The van der Waals surface area contributed by atoms with Crippen LogP contribution < -0.4 is 4.74 Å². The Balaban J connectivity index is 2.27. The number of halogens is 2. The first kappa shape index (κ1) is 11.6. The highest BCUT2D eigenvalue weighted by Gasteiger charge is 2.02. The molecule has 2 aromatic rings. The fourth-order valence-electron chi connectivity index (χ4n) is 1.21. The monoisotopic (exact) mass is 346 g/mol. The van der Waals surface area contributed by atoms with Crippen LogP contribution in [0, 0.1) is 10.5 Å². The maximum Gasteiger partial charge on any atom is 0.225 e. The molecule has 1 aromatic carbocycles. The number of hydrogen-bond acceptors (Lipinski definition) is 3. The molecule has 0 bridgehead atoms. The van der Waals surface area contributed by atoms with E-state index in [4.69, 9.17) is 16.3 Å². The molecule has 0 saturated heterocycles. The summed E-state index contributed by atoms with van der Waals surface area (Å²) in [5.74, 6) is 1.19. The normalized spacial score (nSPS) is 10.2. The predicted molar refractivity (Wildman–Crippen MR) is 71.0 cm³/mol. The molecule has 0 saturated carbocycles. The third-order valence-electron chi connectivity index (χ3n) is 1.82. The lowest BCUT2D eigenvalue weighted by atomic mass is 10.3. The number of aryl methyl sites for hydroxylation is 1. The summed E-state index contributed by atoms with van der Waals surface area (Å²) in [6.07, 6.45) is 0. The molecule has 0 fully saturated rings. The Kier molecular flexibility index (Phi) is 3.60. The van der Waals surface area contributed by atoms with Gasteiger partial charge >= 0.3 is 0 Å². The van der Waals surface area contributed by atoms with Crippen molar-refractivity contribution in [3.8, 4) is 11.6 Å². The summed E-state index contributed by atoms with van der Waals surface area (Å²) in [5.41, 5.74) is 0.778. The molecule has 0 radical (unpaired) electrons. The number of nitrogens with zero attached hydrogens (tertiary/aromatic N) is 2. The highest BCUT2D eigenvalue weighted by molar-refractivity contribution is 14.1. The van der Waals surface area contributed by atoms with Gasteiger partial charge in [-0.2, -0.15) is 4.98 Å². The zero-order valence-corrected chi connectivity index (χ0v) is 11.4. The molecule has 1 heterocycles. The van der Waals surface area contributed by atoms with Gasteiger partial charge in [0.25, 0.3) is 0 Å². The van der Waals surface area contributed by atoms with E-state index in [0.29, 0.717) is 5.88 Å². The highest BCUT2D eigenvalue weighted by atomic mass is 127. The lowest BCUT2D eigenvalue weighted by molar-refractivity contribution is 0.460. The fourth-order valence-corrected chi connectivity index (χ4v) is 1.94. The van der Waals surface area contributed by atoms with Gasteiger partial charge < -0.3 is 4.74 Å². The predicted octanol–water partition coefficient (Wildman–Crippen LogP) is 3.84. The van der Waals surface area contributed by atoms with E-state index >= 15 is 0 Å². The molecule has 0 aliphatic rings. The maximum atomic E-state index is 5.74. The molecule has 0 atom stereocenters. The van der Waals surface area contributed by atoms with Gasteiger partial charge in [-0.1, -0.05) is 6.07 Å². The number of ether oxygens (including phenoxy) is 1. The summed E-state index contributed by atoms with van der Waals surface area (Å²) in [6, 6.07) is 9.45. The molecular formula is C11H8ClIN2O. The first-order valence-corrected chi connectivity index (χ1v) is 6.04. The third kappa shape index (κ3) is 3.05. The topological polar surface area (TPSA) is 35.0 Å². The second-order valence-corrected chi connectivity index (χ2v) is 4.76. The molecular weight excluding hydrogens is 338 g/mol. The molecule has 2 rings (SSSR count). The standard InChI is InChI=1S/C11H8ClIN2O/c1-7-5-10(15-11(12)14-7)16-9-4-2-3-8(13)6-9/h2-6H,1H3. The van der Waals surface area contributed by atoms with Crippen molar-refractivity contribution in [1.82, 2.24) is 9.97 Å². The van der Waals surface area contributed by atoms with Gasteiger partial charge in [-0.15, -0.1) is 0 Å². The third-order valence-corrected chi connectivity index (χ3v) is 2.66. The van der Waals surface area contributed by atoms with E-state index in [9.17, 15) is 0 Å². The van der Waals surface area contributed by atoms with Crippen LogP contribution in [0.25, 0.3) is 0 Å². The van der Waals surface area contributed by atoms with Crippen molar-refractivity contribution in [1.29, 1.82) is 0 Å². The quantitative estimate of drug-likeness (QED) is 0.612. The van der Waals surface area contributed by atoms with Gasteiger partial charge in [0.15, 0.2) is 0 Å². The zero-order valence-electron chi connectivity index (χ0n) is 8.45. The lowest BCUT2D eigenvalue weighted by Crippen LogP contribution is -1.92.